The third kappa shape index (κ3) is 2.06. The quantitative estimate of drug-likeness (QED) is 0.626. The number of nitrogens with one attached hydrogen (secondary N) is 1. The Kier molecular flexibility index (Phi) is 2.81. The predicted octanol–water partition coefficient (Wildman–Crippen LogP) is 1.46. The van der Waals surface area contributed by atoms with Gasteiger partial charge >= 0.3 is 6.09 Å². The van der Waals surface area contributed by atoms with Crippen LogP contribution < -0.4 is 5.32 Å². The highest BCUT2D eigenvalue weighted by molar-refractivity contribution is 6.17. The van der Waals surface area contributed by atoms with Crippen LogP contribution in [0.4, 0.5) is 4.79 Å². The Labute approximate surface area is 64.7 Å². The van der Waals surface area contributed by atoms with Crippen molar-refractivity contribution in [2.24, 2.45) is 0 Å². The number of alkyl halides is 1. The molecule has 0 unspecified atom stereocenters. The minimum absolute atomic E-state index is 0.0709. The molecular formula is C6H10ClNO2. The van der Waals surface area contributed by atoms with Crippen LogP contribution in [0.25, 0.3) is 0 Å². The molecule has 0 saturated heterocycles. The van der Waals surface area contributed by atoms with Crippen LogP contribution >= 0.6 is 11.6 Å². The fraction of sp³-hybridized carbons (Fsp3) is 0.833. The third-order valence-corrected chi connectivity index (χ3v) is 1.72. The van der Waals surface area contributed by atoms with E-state index in [2.05, 4.69) is 10.1 Å². The van der Waals surface area contributed by atoms with E-state index in [0.29, 0.717) is 6.04 Å². The predicted molar refractivity (Wildman–Crippen MR) is 38.0 cm³/mol. The Balaban J connectivity index is 2.05. The van der Waals surface area contributed by atoms with Crippen molar-refractivity contribution in [2.75, 3.05) is 6.07 Å². The summed E-state index contributed by atoms with van der Waals surface area (Å²) in [5, 5.41) is 2.67. The molecule has 0 aromatic rings. The largest absolute Gasteiger partial charge is 0.433 e. The van der Waals surface area contributed by atoms with E-state index in [9.17, 15) is 4.79 Å². The lowest BCUT2D eigenvalue weighted by Gasteiger charge is -2.25. The molecule has 0 aliphatic heterocycles. The van der Waals surface area contributed by atoms with Crippen molar-refractivity contribution in [3.05, 3.63) is 0 Å². The fourth-order valence-corrected chi connectivity index (χ4v) is 0.910. The van der Waals surface area contributed by atoms with Gasteiger partial charge in [0.2, 0.25) is 0 Å². The lowest BCUT2D eigenvalue weighted by Crippen LogP contribution is -2.39. The molecule has 1 rings (SSSR count). The molecule has 0 radical (unpaired) electrons. The van der Waals surface area contributed by atoms with Crippen molar-refractivity contribution >= 4 is 17.7 Å². The summed E-state index contributed by atoms with van der Waals surface area (Å²) in [6, 6.07) is 0.258. The van der Waals surface area contributed by atoms with Gasteiger partial charge in [-0.05, 0) is 19.3 Å². The monoisotopic (exact) mass is 163 g/mol. The Morgan fingerprint density at radius 3 is 2.80 bits per heavy atom. The minimum atomic E-state index is -0.403. The maximum absolute atomic E-state index is 10.6. The van der Waals surface area contributed by atoms with Crippen LogP contribution in [0.5, 0.6) is 0 Å². The second-order valence-corrected chi connectivity index (χ2v) is 2.53. The van der Waals surface area contributed by atoms with Gasteiger partial charge in [-0.25, -0.2) is 4.79 Å². The van der Waals surface area contributed by atoms with Crippen molar-refractivity contribution in [1.82, 2.24) is 5.32 Å². The van der Waals surface area contributed by atoms with Crippen LogP contribution in [0, 0.1) is 0 Å². The van der Waals surface area contributed by atoms with Gasteiger partial charge in [-0.1, -0.05) is 11.6 Å². The van der Waals surface area contributed by atoms with Crippen molar-refractivity contribution in [3.8, 4) is 0 Å². The number of amides is 1. The summed E-state index contributed by atoms with van der Waals surface area (Å²) in [7, 11) is 0. The molecule has 4 heteroatoms. The van der Waals surface area contributed by atoms with Gasteiger partial charge < -0.3 is 10.1 Å². The van der Waals surface area contributed by atoms with Gasteiger partial charge in [-0.15, -0.1) is 0 Å². The Morgan fingerprint density at radius 1 is 1.70 bits per heavy atom. The minimum Gasteiger partial charge on any atom is -0.433 e. The Hall–Kier alpha value is -0.440. The van der Waals surface area contributed by atoms with E-state index >= 15 is 0 Å². The summed E-state index contributed by atoms with van der Waals surface area (Å²) in [6.07, 6.45) is 2.93. The molecule has 1 aliphatic carbocycles. The average Bonchev–Trinajstić information content (AvgIpc) is 1.80. The fourth-order valence-electron chi connectivity index (χ4n) is 0.810. The molecule has 1 fully saturated rings. The first-order valence-electron chi connectivity index (χ1n) is 3.32. The van der Waals surface area contributed by atoms with Crippen molar-refractivity contribution in [3.63, 3.8) is 0 Å². The van der Waals surface area contributed by atoms with Crippen LogP contribution in [-0.4, -0.2) is 18.2 Å². The van der Waals surface area contributed by atoms with Crippen LogP contribution in [0.2, 0.25) is 0 Å². The highest BCUT2D eigenvalue weighted by atomic mass is 35.5. The number of carbonyl (C=O) groups is 1. The van der Waals surface area contributed by atoms with Gasteiger partial charge in [0.15, 0.2) is 6.07 Å². The molecular weight excluding hydrogens is 154 g/mol. The lowest BCUT2D eigenvalue weighted by atomic mass is 9.93. The normalized spacial score (nSPS) is 17.7. The number of hydrogen-bond acceptors (Lipinski definition) is 2. The zero-order chi connectivity index (χ0) is 7.40. The number of hydrogen-bond donors (Lipinski definition) is 1. The van der Waals surface area contributed by atoms with Gasteiger partial charge in [-0.3, -0.25) is 0 Å². The van der Waals surface area contributed by atoms with Crippen molar-refractivity contribution < 1.29 is 9.53 Å². The number of halogens is 1. The summed E-state index contributed by atoms with van der Waals surface area (Å²) in [5.74, 6) is 0. The zero-order valence-electron chi connectivity index (χ0n) is 5.60. The second-order valence-electron chi connectivity index (χ2n) is 2.31. The lowest BCUT2D eigenvalue weighted by molar-refractivity contribution is 0.153. The highest BCUT2D eigenvalue weighted by Crippen LogP contribution is 2.17. The van der Waals surface area contributed by atoms with E-state index in [1.807, 2.05) is 0 Å². The third-order valence-electron chi connectivity index (χ3n) is 1.61. The van der Waals surface area contributed by atoms with Gasteiger partial charge in [0.25, 0.3) is 0 Å². The smallest absolute Gasteiger partial charge is 0.408 e. The SMILES string of the molecule is O=C(NC1CCC1)OCCl. The molecule has 1 aliphatic rings. The summed E-state index contributed by atoms with van der Waals surface area (Å²) in [4.78, 5) is 10.6. The van der Waals surface area contributed by atoms with Crippen LogP contribution in [0.15, 0.2) is 0 Å². The zero-order valence-corrected chi connectivity index (χ0v) is 6.36. The standard InChI is InChI=1S/C6H10ClNO2/c7-4-10-6(9)8-5-2-1-3-5/h5H,1-4H2,(H,8,9). The highest BCUT2D eigenvalue weighted by Gasteiger charge is 2.19. The van der Waals surface area contributed by atoms with Gasteiger partial charge in [0, 0.05) is 6.04 Å². The maximum atomic E-state index is 10.6. The first-order valence-corrected chi connectivity index (χ1v) is 3.85. The van der Waals surface area contributed by atoms with E-state index < -0.39 is 6.09 Å². The van der Waals surface area contributed by atoms with E-state index in [1.54, 1.807) is 0 Å². The molecule has 1 saturated carbocycles. The van der Waals surface area contributed by atoms with E-state index in [0.717, 1.165) is 12.8 Å². The van der Waals surface area contributed by atoms with Gasteiger partial charge in [0.1, 0.15) is 0 Å². The maximum Gasteiger partial charge on any atom is 0.408 e. The number of ether oxygens (including phenoxy) is 1. The van der Waals surface area contributed by atoms with Crippen LogP contribution in [0.1, 0.15) is 19.3 Å². The molecule has 10 heavy (non-hydrogen) atoms. The Bertz CT molecular complexity index is 125. The van der Waals surface area contributed by atoms with E-state index in [1.165, 1.54) is 6.42 Å². The first-order chi connectivity index (χ1) is 4.83. The molecule has 58 valence electrons. The van der Waals surface area contributed by atoms with Gasteiger partial charge in [-0.2, -0.15) is 0 Å². The summed E-state index contributed by atoms with van der Waals surface area (Å²) >= 11 is 5.16. The molecule has 0 spiro atoms. The molecule has 0 aromatic heterocycles. The van der Waals surface area contributed by atoms with Crippen LogP contribution in [0.3, 0.4) is 0 Å². The van der Waals surface area contributed by atoms with E-state index in [-0.39, 0.29) is 6.07 Å². The number of alkyl carbamates (subject to hydrolysis) is 1. The summed E-state index contributed by atoms with van der Waals surface area (Å²) in [5.41, 5.74) is 0. The second kappa shape index (κ2) is 3.66. The summed E-state index contributed by atoms with van der Waals surface area (Å²) in [6.45, 7) is 0. The molecule has 0 bridgehead atoms. The van der Waals surface area contributed by atoms with Crippen molar-refractivity contribution in [2.45, 2.75) is 25.3 Å². The molecule has 0 aromatic carbocycles. The molecule has 1 N–H and O–H groups in total. The number of carbonyl (C=O) groups excluding carboxylic acids is 1. The topological polar surface area (TPSA) is 38.3 Å². The Morgan fingerprint density at radius 2 is 2.40 bits per heavy atom. The van der Waals surface area contributed by atoms with E-state index in [4.69, 9.17) is 11.6 Å². The summed E-state index contributed by atoms with van der Waals surface area (Å²) < 4.78 is 4.46. The molecule has 1 amide bonds. The molecule has 3 nitrogen and oxygen atoms in total. The van der Waals surface area contributed by atoms with Gasteiger partial charge in [0.05, 0.1) is 0 Å². The molecule has 0 atom stereocenters. The van der Waals surface area contributed by atoms with Crippen molar-refractivity contribution in [1.29, 1.82) is 0 Å². The van der Waals surface area contributed by atoms with Crippen LogP contribution in [-0.2, 0) is 4.74 Å². The molecule has 0 heterocycles. The first kappa shape index (κ1) is 7.66. The number of rotatable bonds is 2. The average molecular weight is 164 g/mol.